The van der Waals surface area contributed by atoms with Gasteiger partial charge in [0, 0.05) is 13.0 Å². The van der Waals surface area contributed by atoms with Gasteiger partial charge in [-0.2, -0.15) is 4.98 Å². The molecule has 0 radical (unpaired) electrons. The number of rotatable bonds is 3. The van der Waals surface area contributed by atoms with E-state index < -0.39 is 0 Å². The quantitative estimate of drug-likeness (QED) is 0.878. The van der Waals surface area contributed by atoms with Gasteiger partial charge in [-0.05, 0) is 24.7 Å². The Balaban J connectivity index is 2.24. The number of nitrogen functional groups attached to an aromatic ring is 1. The fourth-order valence-electron chi connectivity index (χ4n) is 3.20. The summed E-state index contributed by atoms with van der Waals surface area (Å²) in [4.78, 5) is 4.43. The van der Waals surface area contributed by atoms with E-state index in [0.29, 0.717) is 11.9 Å². The van der Waals surface area contributed by atoms with Crippen LogP contribution in [0, 0.1) is 11.8 Å². The summed E-state index contributed by atoms with van der Waals surface area (Å²) in [5.41, 5.74) is 5.70. The standard InChI is InChI=1S/C13H24N4/c1-4-9(2)10-7-5-6-8-11(10)12-15-13(14)16-17(12)3/h9-11H,4-8H2,1-3H3,(H2,14,16). The van der Waals surface area contributed by atoms with Crippen LogP contribution < -0.4 is 5.73 Å². The molecule has 0 spiro atoms. The zero-order valence-electron chi connectivity index (χ0n) is 11.2. The molecule has 0 aromatic carbocycles. The first-order valence-corrected chi connectivity index (χ1v) is 6.79. The maximum Gasteiger partial charge on any atom is 0.239 e. The molecule has 1 aromatic heterocycles. The molecule has 1 aliphatic carbocycles. The topological polar surface area (TPSA) is 56.7 Å². The molecular formula is C13H24N4. The van der Waals surface area contributed by atoms with Gasteiger partial charge in [-0.3, -0.25) is 4.68 Å². The molecule has 3 unspecified atom stereocenters. The molecule has 0 aliphatic heterocycles. The van der Waals surface area contributed by atoms with Gasteiger partial charge in [0.2, 0.25) is 5.95 Å². The van der Waals surface area contributed by atoms with E-state index in [1.165, 1.54) is 32.1 Å². The maximum atomic E-state index is 5.70. The predicted octanol–water partition coefficient (Wildman–Crippen LogP) is 2.72. The van der Waals surface area contributed by atoms with E-state index in [4.69, 9.17) is 5.73 Å². The summed E-state index contributed by atoms with van der Waals surface area (Å²) in [5.74, 6) is 3.56. The second-order valence-electron chi connectivity index (χ2n) is 5.39. The molecule has 2 N–H and O–H groups in total. The lowest BCUT2D eigenvalue weighted by molar-refractivity contribution is 0.211. The summed E-state index contributed by atoms with van der Waals surface area (Å²) in [6.45, 7) is 4.64. The molecule has 0 saturated heterocycles. The summed E-state index contributed by atoms with van der Waals surface area (Å²) >= 11 is 0. The molecule has 4 heteroatoms. The van der Waals surface area contributed by atoms with Crippen LogP contribution >= 0.6 is 0 Å². The van der Waals surface area contributed by atoms with Gasteiger partial charge in [-0.25, -0.2) is 0 Å². The molecule has 2 rings (SSSR count). The van der Waals surface area contributed by atoms with Crippen LogP contribution in [0.4, 0.5) is 5.95 Å². The summed E-state index contributed by atoms with van der Waals surface area (Å²) in [6, 6.07) is 0. The van der Waals surface area contributed by atoms with E-state index >= 15 is 0 Å². The summed E-state index contributed by atoms with van der Waals surface area (Å²) < 4.78 is 1.88. The smallest absolute Gasteiger partial charge is 0.239 e. The van der Waals surface area contributed by atoms with Crippen LogP contribution in [0.3, 0.4) is 0 Å². The molecule has 3 atom stereocenters. The lowest BCUT2D eigenvalue weighted by Crippen LogP contribution is -2.26. The number of hydrogen-bond donors (Lipinski definition) is 1. The van der Waals surface area contributed by atoms with Gasteiger partial charge >= 0.3 is 0 Å². The SMILES string of the molecule is CCC(C)C1CCCCC1c1nc(N)nn1C. The number of hydrogen-bond acceptors (Lipinski definition) is 3. The van der Waals surface area contributed by atoms with E-state index in [9.17, 15) is 0 Å². The van der Waals surface area contributed by atoms with E-state index in [1.54, 1.807) is 0 Å². The minimum absolute atomic E-state index is 0.413. The maximum absolute atomic E-state index is 5.70. The molecule has 0 amide bonds. The third-order valence-electron chi connectivity index (χ3n) is 4.34. The van der Waals surface area contributed by atoms with Crippen molar-refractivity contribution in [3.63, 3.8) is 0 Å². The first kappa shape index (κ1) is 12.4. The van der Waals surface area contributed by atoms with Crippen molar-refractivity contribution in [1.82, 2.24) is 14.8 Å². The first-order valence-electron chi connectivity index (χ1n) is 6.79. The highest BCUT2D eigenvalue weighted by atomic mass is 15.4. The van der Waals surface area contributed by atoms with Gasteiger partial charge in [-0.15, -0.1) is 5.10 Å². The Bertz CT molecular complexity index is 371. The number of aryl methyl sites for hydroxylation is 1. The second kappa shape index (κ2) is 5.07. The molecule has 17 heavy (non-hydrogen) atoms. The first-order chi connectivity index (χ1) is 8.13. The Hall–Kier alpha value is -1.06. The van der Waals surface area contributed by atoms with E-state index in [2.05, 4.69) is 23.9 Å². The molecule has 1 fully saturated rings. The summed E-state index contributed by atoms with van der Waals surface area (Å²) in [5, 5.41) is 4.19. The zero-order chi connectivity index (χ0) is 12.4. The summed E-state index contributed by atoms with van der Waals surface area (Å²) in [6.07, 6.45) is 6.48. The molecular weight excluding hydrogens is 212 g/mol. The van der Waals surface area contributed by atoms with Crippen LogP contribution in [0.1, 0.15) is 57.7 Å². The van der Waals surface area contributed by atoms with E-state index in [1.807, 2.05) is 11.7 Å². The minimum atomic E-state index is 0.413. The number of nitrogens with two attached hydrogens (primary N) is 1. The van der Waals surface area contributed by atoms with Crippen molar-refractivity contribution >= 4 is 5.95 Å². The number of aromatic nitrogens is 3. The van der Waals surface area contributed by atoms with Crippen molar-refractivity contribution in [1.29, 1.82) is 0 Å². The molecule has 0 bridgehead atoms. The molecule has 1 aromatic rings. The van der Waals surface area contributed by atoms with Gasteiger partial charge in [0.1, 0.15) is 5.82 Å². The zero-order valence-corrected chi connectivity index (χ0v) is 11.2. The highest BCUT2D eigenvalue weighted by Gasteiger charge is 2.32. The predicted molar refractivity (Wildman–Crippen MR) is 69.6 cm³/mol. The molecule has 1 saturated carbocycles. The second-order valence-corrected chi connectivity index (χ2v) is 5.39. The Morgan fingerprint density at radius 3 is 2.71 bits per heavy atom. The average Bonchev–Trinajstić information content (AvgIpc) is 2.67. The van der Waals surface area contributed by atoms with Crippen LogP contribution in [-0.2, 0) is 7.05 Å². The third kappa shape index (κ3) is 2.45. The Kier molecular flexibility index (Phi) is 3.69. The van der Waals surface area contributed by atoms with Crippen molar-refractivity contribution < 1.29 is 0 Å². The molecule has 1 aliphatic rings. The summed E-state index contributed by atoms with van der Waals surface area (Å²) in [7, 11) is 1.96. The van der Waals surface area contributed by atoms with E-state index in [-0.39, 0.29) is 0 Å². The minimum Gasteiger partial charge on any atom is -0.366 e. The van der Waals surface area contributed by atoms with Gasteiger partial charge in [-0.1, -0.05) is 33.1 Å². The van der Waals surface area contributed by atoms with Crippen molar-refractivity contribution in [3.05, 3.63) is 5.82 Å². The van der Waals surface area contributed by atoms with Gasteiger partial charge < -0.3 is 5.73 Å². The van der Waals surface area contributed by atoms with Gasteiger partial charge in [0.05, 0.1) is 0 Å². The largest absolute Gasteiger partial charge is 0.366 e. The highest BCUT2D eigenvalue weighted by Crippen LogP contribution is 2.41. The fourth-order valence-corrected chi connectivity index (χ4v) is 3.20. The van der Waals surface area contributed by atoms with Crippen LogP contribution in [0.2, 0.25) is 0 Å². The molecule has 4 nitrogen and oxygen atoms in total. The average molecular weight is 236 g/mol. The van der Waals surface area contributed by atoms with Gasteiger partial charge in [0.15, 0.2) is 0 Å². The number of nitrogens with zero attached hydrogens (tertiary/aromatic N) is 3. The third-order valence-corrected chi connectivity index (χ3v) is 4.34. The molecule has 96 valence electrons. The van der Waals surface area contributed by atoms with E-state index in [0.717, 1.165) is 17.7 Å². The monoisotopic (exact) mass is 236 g/mol. The van der Waals surface area contributed by atoms with Gasteiger partial charge in [0.25, 0.3) is 0 Å². The van der Waals surface area contributed by atoms with Crippen molar-refractivity contribution in [2.45, 2.75) is 51.9 Å². The van der Waals surface area contributed by atoms with Crippen molar-refractivity contribution in [2.24, 2.45) is 18.9 Å². The van der Waals surface area contributed by atoms with Crippen LogP contribution in [0.15, 0.2) is 0 Å². The van der Waals surface area contributed by atoms with Crippen LogP contribution in [0.25, 0.3) is 0 Å². The Morgan fingerprint density at radius 1 is 1.41 bits per heavy atom. The lowest BCUT2D eigenvalue weighted by Gasteiger charge is -2.34. The van der Waals surface area contributed by atoms with Crippen LogP contribution in [0.5, 0.6) is 0 Å². The van der Waals surface area contributed by atoms with Crippen LogP contribution in [-0.4, -0.2) is 14.8 Å². The Morgan fingerprint density at radius 2 is 2.12 bits per heavy atom. The highest BCUT2D eigenvalue weighted by molar-refractivity contribution is 5.17. The lowest BCUT2D eigenvalue weighted by atomic mass is 9.72. The van der Waals surface area contributed by atoms with Crippen molar-refractivity contribution in [2.75, 3.05) is 5.73 Å². The number of anilines is 1. The molecule has 1 heterocycles. The normalized spacial score (nSPS) is 27.0. The van der Waals surface area contributed by atoms with Crippen molar-refractivity contribution in [3.8, 4) is 0 Å². The Labute approximate surface area is 104 Å². The fraction of sp³-hybridized carbons (Fsp3) is 0.846.